The Morgan fingerprint density at radius 2 is 2.25 bits per heavy atom. The summed E-state index contributed by atoms with van der Waals surface area (Å²) >= 11 is 5.00. The second kappa shape index (κ2) is 2.55. The highest BCUT2D eigenvalue weighted by molar-refractivity contribution is 7.80. The van der Waals surface area contributed by atoms with Crippen LogP contribution in [0.15, 0.2) is 0 Å². The van der Waals surface area contributed by atoms with E-state index in [0.717, 1.165) is 4.86 Å². The molecule has 1 rings (SSSR count). The lowest BCUT2D eigenvalue weighted by atomic mass is 9.83. The summed E-state index contributed by atoms with van der Waals surface area (Å²) in [6, 6.07) is 0. The van der Waals surface area contributed by atoms with Gasteiger partial charge in [-0.1, -0.05) is 18.6 Å². The van der Waals surface area contributed by atoms with Crippen molar-refractivity contribution in [2.75, 3.05) is 6.54 Å². The first-order valence-corrected chi connectivity index (χ1v) is 3.48. The van der Waals surface area contributed by atoms with E-state index in [-0.39, 0.29) is 0 Å². The van der Waals surface area contributed by atoms with Crippen LogP contribution in [0.1, 0.15) is 19.3 Å². The van der Waals surface area contributed by atoms with Gasteiger partial charge in [0.2, 0.25) is 0 Å². The van der Waals surface area contributed by atoms with Gasteiger partial charge in [0.05, 0.1) is 0 Å². The molecule has 0 spiro atoms. The van der Waals surface area contributed by atoms with Gasteiger partial charge in [-0.25, -0.2) is 0 Å². The predicted octanol–water partition coefficient (Wildman–Crippen LogP) is 1.12. The van der Waals surface area contributed by atoms with Gasteiger partial charge in [0, 0.05) is 11.4 Å². The van der Waals surface area contributed by atoms with Gasteiger partial charge in [0.15, 0.2) is 0 Å². The molecule has 0 aromatic rings. The summed E-state index contributed by atoms with van der Waals surface area (Å²) in [6.07, 6.45) is 3.93. The molecule has 1 aliphatic rings. The number of thiocarbonyl (C=S) groups is 1. The van der Waals surface area contributed by atoms with Gasteiger partial charge in [0.25, 0.3) is 0 Å². The third-order valence-electron chi connectivity index (χ3n) is 1.76. The molecule has 0 aromatic carbocycles. The second-order valence-electron chi connectivity index (χ2n) is 2.30. The lowest BCUT2D eigenvalue weighted by Gasteiger charge is -2.25. The molecule has 1 saturated carbocycles. The first-order chi connectivity index (χ1) is 3.84. The molecule has 0 heterocycles. The summed E-state index contributed by atoms with van der Waals surface area (Å²) in [5, 5.41) is 0. The first-order valence-electron chi connectivity index (χ1n) is 3.07. The van der Waals surface area contributed by atoms with Crippen molar-refractivity contribution in [3.8, 4) is 0 Å². The minimum atomic E-state index is 0.611. The van der Waals surface area contributed by atoms with Gasteiger partial charge in [-0.15, -0.1) is 0 Å². The van der Waals surface area contributed by atoms with Crippen LogP contribution in [0.2, 0.25) is 0 Å². The third-order valence-corrected chi connectivity index (χ3v) is 2.26. The van der Waals surface area contributed by atoms with Gasteiger partial charge >= 0.3 is 0 Å². The highest BCUT2D eigenvalue weighted by atomic mass is 32.1. The molecule has 1 aliphatic carbocycles. The number of nitrogens with two attached hydrogens (primary N) is 1. The molecule has 0 unspecified atom stereocenters. The summed E-state index contributed by atoms with van der Waals surface area (Å²) < 4.78 is 0. The van der Waals surface area contributed by atoms with Crippen LogP contribution in [0.25, 0.3) is 0 Å². The Balaban J connectivity index is 2.24. The molecule has 0 aliphatic heterocycles. The molecular weight excluding hydrogens is 118 g/mol. The first kappa shape index (κ1) is 6.17. The normalized spacial score (nSPS) is 20.1. The summed E-state index contributed by atoms with van der Waals surface area (Å²) in [4.78, 5) is 1.08. The van der Waals surface area contributed by atoms with Crippen molar-refractivity contribution in [2.24, 2.45) is 11.7 Å². The Kier molecular flexibility index (Phi) is 1.97. The maximum Gasteiger partial charge on any atom is 0.0245 e. The van der Waals surface area contributed by atoms with Crippen LogP contribution < -0.4 is 5.73 Å². The molecule has 1 fully saturated rings. The summed E-state index contributed by atoms with van der Waals surface area (Å²) in [6.45, 7) is 0.611. The highest BCUT2D eigenvalue weighted by Gasteiger charge is 2.20. The van der Waals surface area contributed by atoms with Gasteiger partial charge in [-0.3, -0.25) is 0 Å². The second-order valence-corrected chi connectivity index (χ2v) is 2.82. The van der Waals surface area contributed by atoms with Crippen molar-refractivity contribution >= 4 is 17.1 Å². The average molecular weight is 129 g/mol. The van der Waals surface area contributed by atoms with E-state index in [9.17, 15) is 0 Å². The van der Waals surface area contributed by atoms with Crippen molar-refractivity contribution < 1.29 is 0 Å². The van der Waals surface area contributed by atoms with Crippen LogP contribution >= 0.6 is 12.2 Å². The van der Waals surface area contributed by atoms with Crippen molar-refractivity contribution in [2.45, 2.75) is 19.3 Å². The summed E-state index contributed by atoms with van der Waals surface area (Å²) in [5.74, 6) is 0.704. The molecule has 2 heteroatoms. The van der Waals surface area contributed by atoms with Crippen molar-refractivity contribution in [1.29, 1.82) is 0 Å². The highest BCUT2D eigenvalue weighted by Crippen LogP contribution is 2.27. The maximum atomic E-state index is 5.34. The number of hydrogen-bond donors (Lipinski definition) is 1. The van der Waals surface area contributed by atoms with Crippen LogP contribution in [-0.2, 0) is 0 Å². The maximum absolute atomic E-state index is 5.34. The molecule has 8 heavy (non-hydrogen) atoms. The fourth-order valence-electron chi connectivity index (χ4n) is 0.897. The van der Waals surface area contributed by atoms with E-state index in [1.54, 1.807) is 0 Å². The Bertz CT molecular complexity index is 96.7. The Morgan fingerprint density at radius 1 is 1.62 bits per heavy atom. The molecule has 46 valence electrons. The van der Waals surface area contributed by atoms with Gasteiger partial charge in [0.1, 0.15) is 0 Å². The molecule has 0 atom stereocenters. The molecule has 0 saturated heterocycles. The fraction of sp³-hybridized carbons (Fsp3) is 0.833. The SMILES string of the molecule is NCC(=S)C1CCC1. The lowest BCUT2D eigenvalue weighted by Crippen LogP contribution is -2.26. The number of hydrogen-bond acceptors (Lipinski definition) is 2. The zero-order chi connectivity index (χ0) is 5.98. The molecule has 1 nitrogen and oxygen atoms in total. The molecule has 2 N–H and O–H groups in total. The lowest BCUT2D eigenvalue weighted by molar-refractivity contribution is 0.415. The van der Waals surface area contributed by atoms with E-state index < -0.39 is 0 Å². The third kappa shape index (κ3) is 1.06. The van der Waals surface area contributed by atoms with E-state index in [4.69, 9.17) is 18.0 Å². The summed E-state index contributed by atoms with van der Waals surface area (Å²) in [7, 11) is 0. The smallest absolute Gasteiger partial charge is 0.0245 e. The Hall–Kier alpha value is 0.0500. The van der Waals surface area contributed by atoms with Crippen LogP contribution in [0.3, 0.4) is 0 Å². The molecule has 0 amide bonds. The van der Waals surface area contributed by atoms with Crippen LogP contribution in [0.5, 0.6) is 0 Å². The molecule has 0 aromatic heterocycles. The van der Waals surface area contributed by atoms with Crippen molar-refractivity contribution in [3.05, 3.63) is 0 Å². The van der Waals surface area contributed by atoms with E-state index in [2.05, 4.69) is 0 Å². The quantitative estimate of drug-likeness (QED) is 0.565. The molecule has 0 bridgehead atoms. The topological polar surface area (TPSA) is 26.0 Å². The van der Waals surface area contributed by atoms with E-state index >= 15 is 0 Å². The molecule has 0 radical (unpaired) electrons. The van der Waals surface area contributed by atoms with E-state index in [0.29, 0.717) is 12.5 Å². The Labute approximate surface area is 55.3 Å². The Morgan fingerprint density at radius 3 is 2.38 bits per heavy atom. The zero-order valence-corrected chi connectivity index (χ0v) is 5.71. The van der Waals surface area contributed by atoms with Crippen LogP contribution in [-0.4, -0.2) is 11.4 Å². The van der Waals surface area contributed by atoms with Crippen molar-refractivity contribution in [3.63, 3.8) is 0 Å². The van der Waals surface area contributed by atoms with Crippen LogP contribution in [0, 0.1) is 5.92 Å². The van der Waals surface area contributed by atoms with Gasteiger partial charge < -0.3 is 5.73 Å². The van der Waals surface area contributed by atoms with Gasteiger partial charge in [-0.2, -0.15) is 0 Å². The molecular formula is C6H11NS. The standard InChI is InChI=1S/C6H11NS/c7-4-6(8)5-2-1-3-5/h5H,1-4,7H2. The average Bonchev–Trinajstić information content (AvgIpc) is 1.62. The van der Waals surface area contributed by atoms with E-state index in [1.165, 1.54) is 19.3 Å². The monoisotopic (exact) mass is 129 g/mol. The zero-order valence-electron chi connectivity index (χ0n) is 4.89. The van der Waals surface area contributed by atoms with Crippen LogP contribution in [0.4, 0.5) is 0 Å². The van der Waals surface area contributed by atoms with Crippen molar-refractivity contribution in [1.82, 2.24) is 0 Å². The number of rotatable bonds is 2. The van der Waals surface area contributed by atoms with E-state index in [1.807, 2.05) is 0 Å². The predicted molar refractivity (Wildman–Crippen MR) is 39.0 cm³/mol. The minimum Gasteiger partial charge on any atom is -0.326 e. The summed E-state index contributed by atoms with van der Waals surface area (Å²) in [5.41, 5.74) is 5.34. The van der Waals surface area contributed by atoms with Gasteiger partial charge in [-0.05, 0) is 18.8 Å². The largest absolute Gasteiger partial charge is 0.326 e. The minimum absolute atomic E-state index is 0.611. The fourth-order valence-corrected chi connectivity index (χ4v) is 1.13.